The van der Waals surface area contributed by atoms with Crippen LogP contribution < -0.4 is 0 Å². The Kier molecular flexibility index (Phi) is 3.36. The zero-order valence-electron chi connectivity index (χ0n) is 10.8. The van der Waals surface area contributed by atoms with Crippen molar-refractivity contribution in [3.8, 4) is 0 Å². The number of alkyl halides is 1. The molecule has 0 spiro atoms. The molecule has 2 atom stereocenters. The number of halogens is 1. The maximum Gasteiger partial charge on any atom is 0.247 e. The Hall–Kier alpha value is -1.64. The molecule has 19 heavy (non-hydrogen) atoms. The molecule has 2 nitrogen and oxygen atoms in total. The summed E-state index contributed by atoms with van der Waals surface area (Å²) in [6.07, 6.45) is 5.68. The van der Waals surface area contributed by atoms with Crippen molar-refractivity contribution in [3.05, 3.63) is 42.0 Å². The lowest BCUT2D eigenvalue weighted by Crippen LogP contribution is -2.46. The van der Waals surface area contributed by atoms with Crippen molar-refractivity contribution in [2.75, 3.05) is 0 Å². The van der Waals surface area contributed by atoms with Crippen molar-refractivity contribution in [2.24, 2.45) is 0 Å². The van der Waals surface area contributed by atoms with Crippen LogP contribution in [-0.2, 0) is 4.79 Å². The van der Waals surface area contributed by atoms with E-state index in [9.17, 15) is 9.18 Å². The first kappa shape index (κ1) is 12.4. The van der Waals surface area contributed by atoms with Crippen molar-refractivity contribution in [1.82, 2.24) is 4.90 Å². The highest BCUT2D eigenvalue weighted by Gasteiger charge is 2.42. The molecular weight excluding hydrogens is 241 g/mol. The Morgan fingerprint density at radius 1 is 1.16 bits per heavy atom. The normalized spacial score (nSPS) is 29.9. The van der Waals surface area contributed by atoms with E-state index >= 15 is 0 Å². The number of rotatable bonds is 2. The molecule has 0 radical (unpaired) electrons. The Morgan fingerprint density at radius 3 is 2.42 bits per heavy atom. The zero-order chi connectivity index (χ0) is 13.2. The van der Waals surface area contributed by atoms with Crippen LogP contribution in [0.25, 0.3) is 6.08 Å². The van der Waals surface area contributed by atoms with E-state index in [1.165, 1.54) is 0 Å². The van der Waals surface area contributed by atoms with Crippen LogP contribution in [-0.4, -0.2) is 29.1 Å². The Morgan fingerprint density at radius 2 is 1.79 bits per heavy atom. The number of hydrogen-bond donors (Lipinski definition) is 0. The van der Waals surface area contributed by atoms with Crippen LogP contribution in [0.1, 0.15) is 31.2 Å². The maximum atomic E-state index is 13.5. The third-order valence-electron chi connectivity index (χ3n) is 4.15. The summed E-state index contributed by atoms with van der Waals surface area (Å²) in [6.45, 7) is 0. The van der Waals surface area contributed by atoms with Crippen LogP contribution in [0.15, 0.2) is 36.4 Å². The summed E-state index contributed by atoms with van der Waals surface area (Å²) in [5, 5.41) is 0. The average Bonchev–Trinajstić information content (AvgIpc) is 2.70. The lowest BCUT2D eigenvalue weighted by Gasteiger charge is -2.35. The first-order valence-electron chi connectivity index (χ1n) is 6.93. The van der Waals surface area contributed by atoms with E-state index in [0.717, 1.165) is 18.4 Å². The van der Waals surface area contributed by atoms with Gasteiger partial charge < -0.3 is 4.90 Å². The quantitative estimate of drug-likeness (QED) is 0.747. The Bertz CT molecular complexity index is 471. The second-order valence-electron chi connectivity index (χ2n) is 5.44. The van der Waals surface area contributed by atoms with Gasteiger partial charge in [-0.1, -0.05) is 30.3 Å². The number of nitrogens with zero attached hydrogens (tertiary/aromatic N) is 1. The molecule has 2 aliphatic heterocycles. The molecular formula is C16H18FNO. The molecule has 1 aromatic rings. The number of carbonyl (C=O) groups is 1. The number of carbonyl (C=O) groups excluding carboxylic acids is 1. The van der Waals surface area contributed by atoms with Gasteiger partial charge in [-0.05, 0) is 37.3 Å². The fourth-order valence-corrected chi connectivity index (χ4v) is 3.29. The molecule has 2 fully saturated rings. The highest BCUT2D eigenvalue weighted by atomic mass is 19.1. The van der Waals surface area contributed by atoms with E-state index in [1.807, 2.05) is 41.3 Å². The summed E-state index contributed by atoms with van der Waals surface area (Å²) in [7, 11) is 0. The summed E-state index contributed by atoms with van der Waals surface area (Å²) < 4.78 is 13.5. The van der Waals surface area contributed by atoms with Gasteiger partial charge in [0.25, 0.3) is 0 Å². The van der Waals surface area contributed by atoms with Crippen LogP contribution in [0, 0.1) is 0 Å². The molecule has 0 saturated carbocycles. The predicted molar refractivity (Wildman–Crippen MR) is 73.3 cm³/mol. The molecule has 2 saturated heterocycles. The van der Waals surface area contributed by atoms with Gasteiger partial charge >= 0.3 is 0 Å². The summed E-state index contributed by atoms with van der Waals surface area (Å²) >= 11 is 0. The molecule has 0 N–H and O–H groups in total. The van der Waals surface area contributed by atoms with Crippen LogP contribution >= 0.6 is 0 Å². The van der Waals surface area contributed by atoms with Crippen LogP contribution in [0.5, 0.6) is 0 Å². The molecule has 0 aliphatic carbocycles. The number of amides is 1. The van der Waals surface area contributed by atoms with Crippen LogP contribution in [0.3, 0.4) is 0 Å². The van der Waals surface area contributed by atoms with E-state index in [4.69, 9.17) is 0 Å². The highest BCUT2D eigenvalue weighted by Crippen LogP contribution is 2.37. The molecule has 2 unspecified atom stereocenters. The minimum atomic E-state index is -0.723. The fourth-order valence-electron chi connectivity index (χ4n) is 3.29. The van der Waals surface area contributed by atoms with E-state index in [-0.39, 0.29) is 18.0 Å². The van der Waals surface area contributed by atoms with Crippen molar-refractivity contribution < 1.29 is 9.18 Å². The first-order chi connectivity index (χ1) is 9.24. The first-order valence-corrected chi connectivity index (χ1v) is 6.93. The lowest BCUT2D eigenvalue weighted by molar-refractivity contribution is -0.131. The predicted octanol–water partition coefficient (Wildman–Crippen LogP) is 3.19. The van der Waals surface area contributed by atoms with Crippen molar-refractivity contribution in [2.45, 2.75) is 43.9 Å². The maximum absolute atomic E-state index is 13.5. The number of piperidine rings is 1. The molecule has 100 valence electrons. The minimum Gasteiger partial charge on any atom is -0.333 e. The van der Waals surface area contributed by atoms with E-state index < -0.39 is 6.17 Å². The number of fused-ring (bicyclic) bond motifs is 2. The van der Waals surface area contributed by atoms with E-state index in [0.29, 0.717) is 12.8 Å². The van der Waals surface area contributed by atoms with Crippen molar-refractivity contribution in [1.29, 1.82) is 0 Å². The molecule has 2 bridgehead atoms. The Labute approximate surface area is 112 Å². The lowest BCUT2D eigenvalue weighted by atomic mass is 10.0. The minimum absolute atomic E-state index is 0.0308. The number of benzene rings is 1. The largest absolute Gasteiger partial charge is 0.333 e. The molecule has 2 heterocycles. The smallest absolute Gasteiger partial charge is 0.247 e. The summed E-state index contributed by atoms with van der Waals surface area (Å²) in [5.41, 5.74) is 1.02. The standard InChI is InChI=1S/C16H18FNO/c17-13-10-14-7-8-15(11-13)18(14)16(19)9-6-12-4-2-1-3-5-12/h1-6,9,13-15H,7-8,10-11H2/b9-6+. The SMILES string of the molecule is O=C(/C=C/c1ccccc1)N1C2CCC1CC(F)C2. The van der Waals surface area contributed by atoms with Crippen molar-refractivity contribution >= 4 is 12.0 Å². The molecule has 3 heteroatoms. The van der Waals surface area contributed by atoms with Gasteiger partial charge in [0, 0.05) is 18.2 Å². The van der Waals surface area contributed by atoms with Gasteiger partial charge in [0.1, 0.15) is 6.17 Å². The summed E-state index contributed by atoms with van der Waals surface area (Å²) in [6, 6.07) is 10.00. The van der Waals surface area contributed by atoms with Crippen molar-refractivity contribution in [3.63, 3.8) is 0 Å². The van der Waals surface area contributed by atoms with Gasteiger partial charge in [0.15, 0.2) is 0 Å². The number of hydrogen-bond acceptors (Lipinski definition) is 1. The van der Waals surface area contributed by atoms with Crippen LogP contribution in [0.2, 0.25) is 0 Å². The monoisotopic (exact) mass is 259 g/mol. The van der Waals surface area contributed by atoms with Gasteiger partial charge in [-0.3, -0.25) is 4.79 Å². The molecule has 3 rings (SSSR count). The van der Waals surface area contributed by atoms with Gasteiger partial charge in [0.2, 0.25) is 5.91 Å². The fraction of sp³-hybridized carbons (Fsp3) is 0.438. The highest BCUT2D eigenvalue weighted by molar-refractivity contribution is 5.92. The van der Waals surface area contributed by atoms with Gasteiger partial charge in [-0.2, -0.15) is 0 Å². The topological polar surface area (TPSA) is 20.3 Å². The van der Waals surface area contributed by atoms with E-state index in [1.54, 1.807) is 6.08 Å². The summed E-state index contributed by atoms with van der Waals surface area (Å²) in [4.78, 5) is 14.2. The molecule has 0 aromatic heterocycles. The zero-order valence-corrected chi connectivity index (χ0v) is 10.8. The summed E-state index contributed by atoms with van der Waals surface area (Å²) in [5.74, 6) is 0.0308. The molecule has 2 aliphatic rings. The molecule has 1 aromatic carbocycles. The molecule has 1 amide bonds. The van der Waals surface area contributed by atoms with E-state index in [2.05, 4.69) is 0 Å². The second-order valence-corrected chi connectivity index (χ2v) is 5.44. The third kappa shape index (κ3) is 2.55. The van der Waals surface area contributed by atoms with Gasteiger partial charge in [-0.25, -0.2) is 4.39 Å². The third-order valence-corrected chi connectivity index (χ3v) is 4.15. The van der Waals surface area contributed by atoms with Crippen LogP contribution in [0.4, 0.5) is 4.39 Å². The Balaban J connectivity index is 1.70. The second kappa shape index (κ2) is 5.16. The average molecular weight is 259 g/mol. The van der Waals surface area contributed by atoms with Gasteiger partial charge in [0.05, 0.1) is 0 Å². The van der Waals surface area contributed by atoms with Gasteiger partial charge in [-0.15, -0.1) is 0 Å².